The zero-order valence-corrected chi connectivity index (χ0v) is 14.6. The molecule has 1 amide bonds. The summed E-state index contributed by atoms with van der Waals surface area (Å²) in [6.07, 6.45) is 1.40. The van der Waals surface area contributed by atoms with Crippen LogP contribution in [-0.2, 0) is 14.3 Å². The number of furan rings is 1. The number of halogens is 1. The van der Waals surface area contributed by atoms with Gasteiger partial charge in [-0.05, 0) is 38.1 Å². The SMILES string of the molecule is Cc1ccc(C=CC(=O)OC(C)C(=O)Nc2cc([N+](=O)[O-])ccc2Cl)o1. The number of non-ortho nitro benzene ring substituents is 1. The van der Waals surface area contributed by atoms with Gasteiger partial charge in [0.2, 0.25) is 0 Å². The number of nitro benzene ring substituents is 1. The number of nitro groups is 1. The minimum absolute atomic E-state index is 0.0513. The largest absolute Gasteiger partial charge is 0.462 e. The summed E-state index contributed by atoms with van der Waals surface area (Å²) in [5, 5.41) is 13.3. The van der Waals surface area contributed by atoms with E-state index in [2.05, 4.69) is 5.32 Å². The van der Waals surface area contributed by atoms with Gasteiger partial charge in [0.05, 0.1) is 15.6 Å². The van der Waals surface area contributed by atoms with Crippen molar-refractivity contribution in [2.24, 2.45) is 0 Å². The molecule has 9 heteroatoms. The summed E-state index contributed by atoms with van der Waals surface area (Å²) in [6.45, 7) is 3.13. The second-order valence-electron chi connectivity index (χ2n) is 5.27. The molecule has 1 aromatic heterocycles. The summed E-state index contributed by atoms with van der Waals surface area (Å²) in [7, 11) is 0. The number of hydrogen-bond acceptors (Lipinski definition) is 6. The molecule has 0 saturated heterocycles. The number of ether oxygens (including phenoxy) is 1. The van der Waals surface area contributed by atoms with Crippen LogP contribution >= 0.6 is 11.6 Å². The number of benzene rings is 1. The van der Waals surface area contributed by atoms with Crippen molar-refractivity contribution in [3.05, 3.63) is 63.1 Å². The molecular weight excluding hydrogens is 364 g/mol. The molecule has 0 bridgehead atoms. The van der Waals surface area contributed by atoms with Crippen molar-refractivity contribution in [1.29, 1.82) is 0 Å². The van der Waals surface area contributed by atoms with Gasteiger partial charge in [-0.25, -0.2) is 4.79 Å². The summed E-state index contributed by atoms with van der Waals surface area (Å²) >= 11 is 5.91. The predicted octanol–water partition coefficient (Wildman–Crippen LogP) is 3.73. The first-order valence-electron chi connectivity index (χ1n) is 7.46. The van der Waals surface area contributed by atoms with Gasteiger partial charge in [-0.1, -0.05) is 11.6 Å². The summed E-state index contributed by atoms with van der Waals surface area (Å²) in [5.74, 6) is -0.255. The Balaban J connectivity index is 1.97. The van der Waals surface area contributed by atoms with Gasteiger partial charge in [-0.2, -0.15) is 0 Å². The number of rotatable bonds is 6. The molecule has 8 nitrogen and oxygen atoms in total. The van der Waals surface area contributed by atoms with E-state index in [4.69, 9.17) is 20.8 Å². The Morgan fingerprint density at radius 2 is 2.08 bits per heavy atom. The highest BCUT2D eigenvalue weighted by Crippen LogP contribution is 2.26. The van der Waals surface area contributed by atoms with Crippen molar-refractivity contribution in [3.63, 3.8) is 0 Å². The van der Waals surface area contributed by atoms with Gasteiger partial charge in [-0.15, -0.1) is 0 Å². The van der Waals surface area contributed by atoms with Crippen molar-refractivity contribution in [3.8, 4) is 0 Å². The van der Waals surface area contributed by atoms with E-state index in [0.29, 0.717) is 11.5 Å². The Morgan fingerprint density at radius 1 is 1.35 bits per heavy atom. The number of aryl methyl sites for hydroxylation is 1. The van der Waals surface area contributed by atoms with E-state index in [1.165, 1.54) is 25.1 Å². The van der Waals surface area contributed by atoms with Crippen LogP contribution in [0.3, 0.4) is 0 Å². The molecule has 1 heterocycles. The van der Waals surface area contributed by atoms with Crippen LogP contribution in [0.15, 0.2) is 40.8 Å². The molecule has 26 heavy (non-hydrogen) atoms. The van der Waals surface area contributed by atoms with Crippen molar-refractivity contribution >= 4 is 40.9 Å². The molecule has 1 N–H and O–H groups in total. The third-order valence-electron chi connectivity index (χ3n) is 3.23. The number of nitrogens with zero attached hydrogens (tertiary/aromatic N) is 1. The maximum absolute atomic E-state index is 12.1. The Kier molecular flexibility index (Phi) is 6.13. The predicted molar refractivity (Wildman–Crippen MR) is 94.8 cm³/mol. The number of carbonyl (C=O) groups is 2. The third kappa shape index (κ3) is 5.18. The number of anilines is 1. The van der Waals surface area contributed by atoms with Crippen molar-refractivity contribution in [1.82, 2.24) is 0 Å². The lowest BCUT2D eigenvalue weighted by Crippen LogP contribution is -2.29. The summed E-state index contributed by atoms with van der Waals surface area (Å²) < 4.78 is 10.2. The van der Waals surface area contributed by atoms with Crippen molar-refractivity contribution in [2.75, 3.05) is 5.32 Å². The molecule has 0 radical (unpaired) electrons. The van der Waals surface area contributed by atoms with Crippen LogP contribution in [0.2, 0.25) is 5.02 Å². The molecule has 0 fully saturated rings. The van der Waals surface area contributed by atoms with Gasteiger partial charge in [0.1, 0.15) is 11.5 Å². The molecule has 1 unspecified atom stereocenters. The van der Waals surface area contributed by atoms with Crippen LogP contribution in [0.5, 0.6) is 0 Å². The lowest BCUT2D eigenvalue weighted by Gasteiger charge is -2.13. The maximum atomic E-state index is 12.1. The Labute approximate surface area is 153 Å². The highest BCUT2D eigenvalue weighted by molar-refractivity contribution is 6.33. The number of nitrogens with one attached hydrogen (secondary N) is 1. The minimum atomic E-state index is -1.14. The zero-order valence-electron chi connectivity index (χ0n) is 13.9. The molecule has 0 aliphatic heterocycles. The van der Waals surface area contributed by atoms with Crippen LogP contribution < -0.4 is 5.32 Å². The summed E-state index contributed by atoms with van der Waals surface area (Å²) in [4.78, 5) is 34.0. The summed E-state index contributed by atoms with van der Waals surface area (Å²) in [5.41, 5.74) is -0.179. The van der Waals surface area contributed by atoms with E-state index in [-0.39, 0.29) is 16.4 Å². The topological polar surface area (TPSA) is 112 Å². The number of hydrogen-bond donors (Lipinski definition) is 1. The first-order chi connectivity index (χ1) is 12.3. The van der Waals surface area contributed by atoms with Gasteiger partial charge in [0, 0.05) is 18.2 Å². The van der Waals surface area contributed by atoms with Gasteiger partial charge >= 0.3 is 5.97 Å². The van der Waals surface area contributed by atoms with Gasteiger partial charge < -0.3 is 14.5 Å². The number of esters is 1. The molecule has 0 aliphatic carbocycles. The van der Waals surface area contributed by atoms with Crippen molar-refractivity contribution < 1.29 is 23.7 Å². The molecule has 0 aliphatic rings. The quantitative estimate of drug-likeness (QED) is 0.354. The standard InChI is InChI=1S/C17H15ClN2O6/c1-10-3-5-13(25-10)6-8-16(21)26-11(2)17(22)19-15-9-12(20(23)24)4-7-14(15)18/h3-9,11H,1-2H3,(H,19,22). The first kappa shape index (κ1) is 19.2. The third-order valence-corrected chi connectivity index (χ3v) is 3.56. The van der Waals surface area contributed by atoms with E-state index in [1.54, 1.807) is 19.1 Å². The minimum Gasteiger partial charge on any atom is -0.462 e. The van der Waals surface area contributed by atoms with Gasteiger partial charge in [0.15, 0.2) is 6.10 Å². The monoisotopic (exact) mass is 378 g/mol. The molecule has 136 valence electrons. The van der Waals surface area contributed by atoms with Crippen LogP contribution in [0.25, 0.3) is 6.08 Å². The van der Waals surface area contributed by atoms with Gasteiger partial charge in [-0.3, -0.25) is 14.9 Å². The van der Waals surface area contributed by atoms with E-state index < -0.39 is 22.9 Å². The van der Waals surface area contributed by atoms with Crippen LogP contribution in [0, 0.1) is 17.0 Å². The average molecular weight is 379 g/mol. The van der Waals surface area contributed by atoms with E-state index >= 15 is 0 Å². The molecule has 2 rings (SSSR count). The highest BCUT2D eigenvalue weighted by atomic mass is 35.5. The Morgan fingerprint density at radius 3 is 2.69 bits per heavy atom. The molecule has 0 saturated carbocycles. The average Bonchev–Trinajstić information content (AvgIpc) is 3.00. The van der Waals surface area contributed by atoms with E-state index in [0.717, 1.165) is 12.1 Å². The van der Waals surface area contributed by atoms with Crippen LogP contribution in [0.4, 0.5) is 11.4 Å². The summed E-state index contributed by atoms with van der Waals surface area (Å²) in [6, 6.07) is 7.04. The van der Waals surface area contributed by atoms with Gasteiger partial charge in [0.25, 0.3) is 11.6 Å². The second-order valence-corrected chi connectivity index (χ2v) is 5.68. The Hall–Kier alpha value is -3.13. The fourth-order valence-corrected chi connectivity index (χ4v) is 2.08. The lowest BCUT2D eigenvalue weighted by atomic mass is 10.2. The number of amides is 1. The second kappa shape index (κ2) is 8.30. The van der Waals surface area contributed by atoms with E-state index in [9.17, 15) is 19.7 Å². The highest BCUT2D eigenvalue weighted by Gasteiger charge is 2.19. The maximum Gasteiger partial charge on any atom is 0.331 e. The molecule has 1 aromatic carbocycles. The normalized spacial score (nSPS) is 12.0. The first-order valence-corrected chi connectivity index (χ1v) is 7.84. The Bertz CT molecular complexity index is 874. The fourth-order valence-electron chi connectivity index (χ4n) is 1.92. The smallest absolute Gasteiger partial charge is 0.331 e. The van der Waals surface area contributed by atoms with Crippen molar-refractivity contribution in [2.45, 2.75) is 20.0 Å². The lowest BCUT2D eigenvalue weighted by molar-refractivity contribution is -0.384. The molecule has 0 spiro atoms. The van der Waals surface area contributed by atoms with Crippen LogP contribution in [-0.4, -0.2) is 22.9 Å². The fraction of sp³-hybridized carbons (Fsp3) is 0.176. The van der Waals surface area contributed by atoms with Crippen LogP contribution in [0.1, 0.15) is 18.4 Å². The molecule has 2 aromatic rings. The van der Waals surface area contributed by atoms with E-state index in [1.807, 2.05) is 0 Å². The molecule has 1 atom stereocenters. The zero-order chi connectivity index (χ0) is 19.3. The number of carbonyl (C=O) groups excluding carboxylic acids is 2. The molecular formula is C17H15ClN2O6.